The zero-order chi connectivity index (χ0) is 17.0. The summed E-state index contributed by atoms with van der Waals surface area (Å²) in [7, 11) is 0. The van der Waals surface area contributed by atoms with E-state index in [-0.39, 0.29) is 12.0 Å². The van der Waals surface area contributed by atoms with E-state index in [1.54, 1.807) is 17.7 Å². The third-order valence-corrected chi connectivity index (χ3v) is 7.22. The van der Waals surface area contributed by atoms with Crippen molar-refractivity contribution in [2.45, 2.75) is 25.3 Å². The quantitative estimate of drug-likeness (QED) is 0.886. The highest BCUT2D eigenvalue weighted by atomic mass is 32.1. The largest absolute Gasteiger partial charge is 0.352 e. The van der Waals surface area contributed by atoms with Gasteiger partial charge in [0.05, 0.1) is 11.3 Å². The molecule has 0 aromatic carbocycles. The molecule has 0 radical (unpaired) electrons. The van der Waals surface area contributed by atoms with Gasteiger partial charge in [-0.25, -0.2) is 9.97 Å². The van der Waals surface area contributed by atoms with Crippen LogP contribution < -0.4 is 10.6 Å². The van der Waals surface area contributed by atoms with E-state index in [1.165, 1.54) is 12.8 Å². The molecule has 5 rings (SSSR count). The van der Waals surface area contributed by atoms with Crippen LogP contribution in [-0.2, 0) is 4.79 Å². The zero-order valence-electron chi connectivity index (χ0n) is 14.2. The van der Waals surface area contributed by atoms with Gasteiger partial charge in [-0.15, -0.1) is 11.3 Å². The molecule has 3 heterocycles. The van der Waals surface area contributed by atoms with E-state index in [0.717, 1.165) is 48.6 Å². The Bertz CT molecular complexity index is 798. The number of anilines is 1. The van der Waals surface area contributed by atoms with Gasteiger partial charge in [0, 0.05) is 32.2 Å². The molecule has 0 spiro atoms. The van der Waals surface area contributed by atoms with Crippen LogP contribution in [0, 0.1) is 17.8 Å². The van der Waals surface area contributed by atoms with Gasteiger partial charge >= 0.3 is 0 Å². The van der Waals surface area contributed by atoms with Crippen LogP contribution in [0.25, 0.3) is 10.2 Å². The first kappa shape index (κ1) is 15.5. The third-order valence-electron chi connectivity index (χ3n) is 6.40. The van der Waals surface area contributed by atoms with E-state index in [2.05, 4.69) is 26.3 Å². The van der Waals surface area contributed by atoms with Gasteiger partial charge in [0.25, 0.3) is 0 Å². The summed E-state index contributed by atoms with van der Waals surface area (Å²) in [6.07, 6.45) is 5.20. The highest BCUT2D eigenvalue weighted by molar-refractivity contribution is 7.16. The van der Waals surface area contributed by atoms with Crippen molar-refractivity contribution in [3.63, 3.8) is 0 Å². The summed E-state index contributed by atoms with van der Waals surface area (Å²) in [6.45, 7) is 3.16. The van der Waals surface area contributed by atoms with Crippen molar-refractivity contribution in [1.82, 2.24) is 14.9 Å². The summed E-state index contributed by atoms with van der Waals surface area (Å²) in [4.78, 5) is 27.2. The molecular weight excluding hydrogens is 334 g/mol. The number of aromatic nitrogens is 2. The molecular formula is C18H23N5OS. The predicted octanol–water partition coefficient (Wildman–Crippen LogP) is 1.71. The van der Waals surface area contributed by atoms with Crippen molar-refractivity contribution in [2.75, 3.05) is 31.1 Å². The molecule has 2 aromatic heterocycles. The minimum absolute atomic E-state index is 0.0629. The average molecular weight is 357 g/mol. The summed E-state index contributed by atoms with van der Waals surface area (Å²) in [5.74, 6) is 2.46. The van der Waals surface area contributed by atoms with Gasteiger partial charge in [0.1, 0.15) is 17.0 Å². The molecule has 1 aliphatic heterocycles. The van der Waals surface area contributed by atoms with Crippen LogP contribution in [0.1, 0.15) is 19.3 Å². The van der Waals surface area contributed by atoms with Gasteiger partial charge < -0.3 is 15.5 Å². The lowest BCUT2D eigenvalue weighted by Crippen LogP contribution is -2.54. The molecule has 2 N–H and O–H groups in total. The fourth-order valence-corrected chi connectivity index (χ4v) is 5.81. The number of fused-ring (bicyclic) bond motifs is 3. The monoisotopic (exact) mass is 357 g/mol. The molecule has 132 valence electrons. The maximum absolute atomic E-state index is 13.0. The molecule has 7 heteroatoms. The van der Waals surface area contributed by atoms with Gasteiger partial charge in [-0.05, 0) is 42.5 Å². The summed E-state index contributed by atoms with van der Waals surface area (Å²) >= 11 is 1.64. The lowest BCUT2D eigenvalue weighted by atomic mass is 9.84. The minimum Gasteiger partial charge on any atom is -0.352 e. The second-order valence-electron chi connectivity index (χ2n) is 7.59. The number of carbonyl (C=O) groups is 1. The Morgan fingerprint density at radius 2 is 1.96 bits per heavy atom. The number of rotatable bonds is 2. The van der Waals surface area contributed by atoms with Crippen LogP contribution in [0.3, 0.4) is 0 Å². The first-order valence-corrected chi connectivity index (χ1v) is 10.1. The molecule has 2 aliphatic carbocycles. The van der Waals surface area contributed by atoms with E-state index < -0.39 is 0 Å². The van der Waals surface area contributed by atoms with Gasteiger partial charge in [0.15, 0.2) is 0 Å². The molecule has 3 aliphatic rings. The second-order valence-corrected chi connectivity index (χ2v) is 8.48. The van der Waals surface area contributed by atoms with E-state index in [4.69, 9.17) is 5.73 Å². The highest BCUT2D eigenvalue weighted by Crippen LogP contribution is 2.48. The number of thiophene rings is 1. The zero-order valence-corrected chi connectivity index (χ0v) is 15.0. The number of nitrogens with zero attached hydrogens (tertiary/aromatic N) is 4. The molecule has 3 fully saturated rings. The molecule has 6 nitrogen and oxygen atoms in total. The molecule has 1 saturated heterocycles. The molecule has 4 unspecified atom stereocenters. The van der Waals surface area contributed by atoms with Crippen LogP contribution >= 0.6 is 11.3 Å². The standard InChI is InChI=1S/C18H23N5OS/c19-15-12-2-1-11(9-12)14(15)18(24)23-6-4-22(5-7-23)16-13-3-8-25-17(13)21-10-20-16/h3,8,10-12,14-15H,1-2,4-7,9,19H2. The van der Waals surface area contributed by atoms with Crippen molar-refractivity contribution < 1.29 is 4.79 Å². The third kappa shape index (κ3) is 2.44. The number of piperazine rings is 1. The molecule has 2 aromatic rings. The number of carbonyl (C=O) groups excluding carboxylic acids is 1. The molecule has 2 bridgehead atoms. The Balaban J connectivity index is 1.29. The van der Waals surface area contributed by atoms with Crippen molar-refractivity contribution >= 4 is 33.3 Å². The van der Waals surface area contributed by atoms with Crippen LogP contribution in [0.15, 0.2) is 17.8 Å². The summed E-state index contributed by atoms with van der Waals surface area (Å²) in [6, 6.07) is 2.16. The summed E-state index contributed by atoms with van der Waals surface area (Å²) in [5, 5.41) is 3.17. The SMILES string of the molecule is NC1C2CCC(C2)C1C(=O)N1CCN(c2ncnc3sccc23)CC1. The molecule has 25 heavy (non-hydrogen) atoms. The van der Waals surface area contributed by atoms with Crippen LogP contribution in [-0.4, -0.2) is 53.0 Å². The Labute approximate surface area is 151 Å². The lowest BCUT2D eigenvalue weighted by molar-refractivity contribution is -0.138. The summed E-state index contributed by atoms with van der Waals surface area (Å²) in [5.41, 5.74) is 6.37. The van der Waals surface area contributed by atoms with E-state index in [0.29, 0.717) is 17.7 Å². The first-order chi connectivity index (χ1) is 12.2. The maximum atomic E-state index is 13.0. The van der Waals surface area contributed by atoms with Gasteiger partial charge in [0.2, 0.25) is 5.91 Å². The molecule has 1 amide bonds. The highest BCUT2D eigenvalue weighted by Gasteiger charge is 2.50. The topological polar surface area (TPSA) is 75.4 Å². The number of amides is 1. The van der Waals surface area contributed by atoms with Gasteiger partial charge in [-0.3, -0.25) is 4.79 Å². The van der Waals surface area contributed by atoms with Gasteiger partial charge in [-0.1, -0.05) is 0 Å². The van der Waals surface area contributed by atoms with Crippen molar-refractivity contribution in [2.24, 2.45) is 23.5 Å². The summed E-state index contributed by atoms with van der Waals surface area (Å²) < 4.78 is 0. The maximum Gasteiger partial charge on any atom is 0.227 e. The Kier molecular flexibility index (Phi) is 3.67. The average Bonchev–Trinajstić information content (AvgIpc) is 3.36. The second kappa shape index (κ2) is 5.92. The predicted molar refractivity (Wildman–Crippen MR) is 98.5 cm³/mol. The minimum atomic E-state index is 0.0629. The van der Waals surface area contributed by atoms with Crippen LogP contribution in [0.2, 0.25) is 0 Å². The fraction of sp³-hybridized carbons (Fsp3) is 0.611. The Morgan fingerprint density at radius 1 is 1.16 bits per heavy atom. The number of nitrogens with two attached hydrogens (primary N) is 1. The van der Waals surface area contributed by atoms with Crippen molar-refractivity contribution in [3.05, 3.63) is 17.8 Å². The molecule has 2 saturated carbocycles. The van der Waals surface area contributed by atoms with Crippen molar-refractivity contribution in [1.29, 1.82) is 0 Å². The van der Waals surface area contributed by atoms with Gasteiger partial charge in [-0.2, -0.15) is 0 Å². The van der Waals surface area contributed by atoms with Crippen LogP contribution in [0.4, 0.5) is 5.82 Å². The number of hydrogen-bond donors (Lipinski definition) is 1. The first-order valence-electron chi connectivity index (χ1n) is 9.20. The normalized spacial score (nSPS) is 31.9. The number of hydrogen-bond acceptors (Lipinski definition) is 6. The molecule has 4 atom stereocenters. The van der Waals surface area contributed by atoms with E-state index in [9.17, 15) is 4.79 Å². The Morgan fingerprint density at radius 3 is 2.72 bits per heavy atom. The smallest absolute Gasteiger partial charge is 0.227 e. The lowest BCUT2D eigenvalue weighted by Gasteiger charge is -2.39. The fourth-order valence-electron chi connectivity index (χ4n) is 5.08. The Hall–Kier alpha value is -1.73. The van der Waals surface area contributed by atoms with Crippen molar-refractivity contribution in [3.8, 4) is 0 Å². The van der Waals surface area contributed by atoms with E-state index >= 15 is 0 Å². The van der Waals surface area contributed by atoms with E-state index in [1.807, 2.05) is 4.90 Å². The van der Waals surface area contributed by atoms with Crippen LogP contribution in [0.5, 0.6) is 0 Å².